The van der Waals surface area contributed by atoms with Gasteiger partial charge in [0, 0.05) is 6.92 Å². The molecule has 1 unspecified atom stereocenters. The summed E-state index contributed by atoms with van der Waals surface area (Å²) in [5.74, 6) is -0.0325. The van der Waals surface area contributed by atoms with E-state index in [4.69, 9.17) is 18.9 Å². The summed E-state index contributed by atoms with van der Waals surface area (Å²) in [5, 5.41) is 13.6. The van der Waals surface area contributed by atoms with E-state index in [0.29, 0.717) is 11.7 Å². The van der Waals surface area contributed by atoms with Gasteiger partial charge in [-0.05, 0) is 43.9 Å². The molecule has 7 nitrogen and oxygen atoms in total. The molecule has 156 valence electrons. The van der Waals surface area contributed by atoms with Crippen molar-refractivity contribution in [2.75, 3.05) is 6.61 Å². The number of ether oxygens (including phenoxy) is 4. The van der Waals surface area contributed by atoms with E-state index in [2.05, 4.69) is 19.2 Å². The molecule has 1 aromatic rings. The van der Waals surface area contributed by atoms with Crippen LogP contribution in [0, 0.1) is 0 Å². The fourth-order valence-corrected chi connectivity index (χ4v) is 3.58. The molecule has 0 radical (unpaired) electrons. The predicted octanol–water partition coefficient (Wildman–Crippen LogP) is 2.32. The molecule has 2 aliphatic rings. The van der Waals surface area contributed by atoms with Crippen LogP contribution < -0.4 is 10.1 Å². The van der Waals surface area contributed by atoms with Crippen molar-refractivity contribution in [2.24, 2.45) is 0 Å². The van der Waals surface area contributed by atoms with Crippen molar-refractivity contribution in [1.82, 2.24) is 5.32 Å². The van der Waals surface area contributed by atoms with Crippen LogP contribution in [0.5, 0.6) is 5.75 Å². The molecule has 0 aliphatic carbocycles. The molecule has 0 spiro atoms. The minimum absolute atomic E-state index is 0.272. The van der Waals surface area contributed by atoms with Crippen molar-refractivity contribution in [1.29, 1.82) is 0 Å². The number of hydrogen-bond donors (Lipinski definition) is 2. The minimum Gasteiger partial charge on any atom is -0.463 e. The van der Waals surface area contributed by atoms with Crippen molar-refractivity contribution < 1.29 is 28.8 Å². The van der Waals surface area contributed by atoms with E-state index in [1.807, 2.05) is 24.3 Å². The number of benzene rings is 1. The standard InChI is InChI=1S/C21H31NO6/c1-6-12(2)14-7-9-15(10-8-14)26-20-17(22-13(3)23)18(24)19-16(27-20)11-25-21(4,5)28-19/h7-10,12,16-20,24H,6,11H2,1-5H3,(H,22,23)/t12?,16-,17-,18-,19-,20-/m1/s1. The van der Waals surface area contributed by atoms with Crippen LogP contribution in [-0.2, 0) is 19.0 Å². The average Bonchev–Trinajstić information content (AvgIpc) is 2.65. The number of amides is 1. The van der Waals surface area contributed by atoms with E-state index in [-0.39, 0.29) is 12.5 Å². The maximum Gasteiger partial charge on any atom is 0.223 e. The summed E-state index contributed by atoms with van der Waals surface area (Å²) in [7, 11) is 0. The summed E-state index contributed by atoms with van der Waals surface area (Å²) in [4.78, 5) is 11.7. The number of aliphatic hydroxyl groups is 1. The van der Waals surface area contributed by atoms with E-state index in [1.165, 1.54) is 12.5 Å². The Morgan fingerprint density at radius 3 is 2.64 bits per heavy atom. The quantitative estimate of drug-likeness (QED) is 0.799. The van der Waals surface area contributed by atoms with Crippen molar-refractivity contribution in [2.45, 2.75) is 83.4 Å². The molecule has 0 bridgehead atoms. The summed E-state index contributed by atoms with van der Waals surface area (Å²) in [6, 6.07) is 7.04. The average molecular weight is 393 g/mol. The summed E-state index contributed by atoms with van der Waals surface area (Å²) in [5.41, 5.74) is 1.23. The summed E-state index contributed by atoms with van der Waals surface area (Å²) in [6.07, 6.45) is -1.90. The number of hydrogen-bond acceptors (Lipinski definition) is 6. The van der Waals surface area contributed by atoms with Gasteiger partial charge in [-0.2, -0.15) is 0 Å². The second-order valence-electron chi connectivity index (χ2n) is 8.05. The summed E-state index contributed by atoms with van der Waals surface area (Å²) < 4.78 is 23.5. The van der Waals surface area contributed by atoms with Gasteiger partial charge in [-0.1, -0.05) is 26.0 Å². The van der Waals surface area contributed by atoms with E-state index in [9.17, 15) is 9.90 Å². The lowest BCUT2D eigenvalue weighted by Gasteiger charge is -2.49. The first-order valence-corrected chi connectivity index (χ1v) is 9.89. The highest BCUT2D eigenvalue weighted by Gasteiger charge is 2.52. The normalized spacial score (nSPS) is 32.9. The fourth-order valence-electron chi connectivity index (χ4n) is 3.58. The van der Waals surface area contributed by atoms with Gasteiger partial charge in [0.05, 0.1) is 6.61 Å². The molecule has 6 atom stereocenters. The molecule has 2 N–H and O–H groups in total. The Hall–Kier alpha value is -1.67. The minimum atomic E-state index is -0.991. The molecule has 0 saturated carbocycles. The second-order valence-corrected chi connectivity index (χ2v) is 8.05. The van der Waals surface area contributed by atoms with Crippen LogP contribution in [-0.4, -0.2) is 54.1 Å². The van der Waals surface area contributed by atoms with Crippen LogP contribution in [0.15, 0.2) is 24.3 Å². The van der Waals surface area contributed by atoms with Crippen LogP contribution in [0.2, 0.25) is 0 Å². The zero-order valence-electron chi connectivity index (χ0n) is 17.2. The van der Waals surface area contributed by atoms with Gasteiger partial charge in [0.15, 0.2) is 5.79 Å². The van der Waals surface area contributed by atoms with Gasteiger partial charge in [0.2, 0.25) is 12.2 Å². The van der Waals surface area contributed by atoms with Crippen molar-refractivity contribution in [3.63, 3.8) is 0 Å². The summed E-state index contributed by atoms with van der Waals surface area (Å²) >= 11 is 0. The van der Waals surface area contributed by atoms with E-state index in [0.717, 1.165) is 6.42 Å². The third-order valence-corrected chi connectivity index (χ3v) is 5.37. The Bertz CT molecular complexity index is 676. The third-order valence-electron chi connectivity index (χ3n) is 5.37. The lowest BCUT2D eigenvalue weighted by molar-refractivity contribution is -0.361. The topological polar surface area (TPSA) is 86.2 Å². The first-order chi connectivity index (χ1) is 13.2. The number of aliphatic hydroxyl groups excluding tert-OH is 1. The molecule has 2 heterocycles. The van der Waals surface area contributed by atoms with Gasteiger partial charge in [0.25, 0.3) is 0 Å². The SMILES string of the molecule is CCC(C)c1ccc(O[C@@H]2O[C@@H]3COC(C)(C)O[C@H]3[C@H](O)[C@H]2NC(C)=O)cc1. The molecule has 2 aliphatic heterocycles. The molecule has 3 rings (SSSR count). The molecule has 1 amide bonds. The zero-order valence-corrected chi connectivity index (χ0v) is 17.2. The number of fused-ring (bicyclic) bond motifs is 1. The van der Waals surface area contributed by atoms with Crippen molar-refractivity contribution in [3.8, 4) is 5.75 Å². The Balaban J connectivity index is 1.77. The predicted molar refractivity (Wildman–Crippen MR) is 103 cm³/mol. The maximum absolute atomic E-state index is 11.7. The van der Waals surface area contributed by atoms with E-state index in [1.54, 1.807) is 13.8 Å². The van der Waals surface area contributed by atoms with Crippen LogP contribution in [0.25, 0.3) is 0 Å². The van der Waals surface area contributed by atoms with Crippen LogP contribution in [0.4, 0.5) is 0 Å². The van der Waals surface area contributed by atoms with Gasteiger partial charge in [0.1, 0.15) is 30.1 Å². The number of nitrogens with one attached hydrogen (secondary N) is 1. The Labute approximate surface area is 166 Å². The molecule has 7 heteroatoms. The molecule has 28 heavy (non-hydrogen) atoms. The Kier molecular flexibility index (Phi) is 6.29. The first-order valence-electron chi connectivity index (χ1n) is 9.89. The van der Waals surface area contributed by atoms with E-state index < -0.39 is 36.4 Å². The van der Waals surface area contributed by atoms with Crippen LogP contribution >= 0.6 is 0 Å². The Morgan fingerprint density at radius 1 is 1.36 bits per heavy atom. The molecule has 1 aromatic carbocycles. The van der Waals surface area contributed by atoms with Gasteiger partial charge < -0.3 is 29.4 Å². The summed E-state index contributed by atoms with van der Waals surface area (Å²) in [6.45, 7) is 9.56. The molecular weight excluding hydrogens is 362 g/mol. The van der Waals surface area contributed by atoms with Gasteiger partial charge in [-0.15, -0.1) is 0 Å². The Morgan fingerprint density at radius 2 is 2.04 bits per heavy atom. The van der Waals surface area contributed by atoms with Crippen LogP contribution in [0.3, 0.4) is 0 Å². The smallest absolute Gasteiger partial charge is 0.223 e. The highest BCUT2D eigenvalue weighted by molar-refractivity contribution is 5.73. The number of carbonyl (C=O) groups is 1. The maximum atomic E-state index is 11.7. The highest BCUT2D eigenvalue weighted by Crippen LogP contribution is 2.33. The lowest BCUT2D eigenvalue weighted by Crippen LogP contribution is -2.69. The van der Waals surface area contributed by atoms with Gasteiger partial charge in [-0.25, -0.2) is 0 Å². The second kappa shape index (κ2) is 8.37. The zero-order chi connectivity index (χ0) is 20.5. The molecule has 2 saturated heterocycles. The van der Waals surface area contributed by atoms with Crippen LogP contribution in [0.1, 0.15) is 52.5 Å². The van der Waals surface area contributed by atoms with Crippen molar-refractivity contribution >= 4 is 5.91 Å². The first kappa shape index (κ1) is 21.0. The van der Waals surface area contributed by atoms with Crippen molar-refractivity contribution in [3.05, 3.63) is 29.8 Å². The van der Waals surface area contributed by atoms with Gasteiger partial charge in [-0.3, -0.25) is 4.79 Å². The largest absolute Gasteiger partial charge is 0.463 e. The van der Waals surface area contributed by atoms with Gasteiger partial charge >= 0.3 is 0 Å². The van der Waals surface area contributed by atoms with E-state index >= 15 is 0 Å². The lowest BCUT2D eigenvalue weighted by atomic mass is 9.95. The number of rotatable bonds is 5. The fraction of sp³-hybridized carbons (Fsp3) is 0.667. The highest BCUT2D eigenvalue weighted by atomic mass is 16.8. The monoisotopic (exact) mass is 393 g/mol. The molecular formula is C21H31NO6. The third kappa shape index (κ3) is 4.66. The molecule has 2 fully saturated rings. The molecule has 0 aromatic heterocycles. The number of carbonyl (C=O) groups excluding carboxylic acids is 1.